The van der Waals surface area contributed by atoms with Gasteiger partial charge in [-0.3, -0.25) is 0 Å². The van der Waals surface area contributed by atoms with Crippen LogP contribution < -0.4 is 4.52 Å². The van der Waals surface area contributed by atoms with E-state index >= 15 is 0 Å². The minimum Gasteiger partial charge on any atom is -0.480 e. The largest absolute Gasteiger partial charge is 0.480 e. The van der Waals surface area contributed by atoms with Crippen molar-refractivity contribution in [2.24, 2.45) is 0 Å². The van der Waals surface area contributed by atoms with Gasteiger partial charge in [0.05, 0.1) is 9.47 Å². The summed E-state index contributed by atoms with van der Waals surface area (Å²) in [6.45, 7) is 4.20. The van der Waals surface area contributed by atoms with Crippen LogP contribution in [0.5, 0.6) is 5.75 Å². The normalized spacial score (nSPS) is 9.73. The molecule has 0 aliphatic heterocycles. The summed E-state index contributed by atoms with van der Waals surface area (Å²) in [6.07, 6.45) is 1.08. The molecule has 0 fully saturated rings. The first-order chi connectivity index (χ1) is 5.27. The molecular formula is C9H13OP. The summed E-state index contributed by atoms with van der Waals surface area (Å²) in [7, 11) is 2.26. The van der Waals surface area contributed by atoms with Crippen molar-refractivity contribution in [3.8, 4) is 5.75 Å². The van der Waals surface area contributed by atoms with Gasteiger partial charge in [0, 0.05) is 0 Å². The minimum atomic E-state index is 0.937. The highest BCUT2D eigenvalue weighted by Gasteiger charge is 1.96. The molecule has 1 unspecified atom stereocenters. The Morgan fingerprint density at radius 2 is 2.18 bits per heavy atom. The average Bonchev–Trinajstić information content (AvgIpc) is 2.04. The third-order valence-corrected chi connectivity index (χ3v) is 2.03. The van der Waals surface area contributed by atoms with Crippen LogP contribution >= 0.6 is 9.47 Å². The molecule has 0 N–H and O–H groups in total. The topological polar surface area (TPSA) is 9.23 Å². The third-order valence-electron chi connectivity index (χ3n) is 1.77. The Kier molecular flexibility index (Phi) is 2.90. The zero-order valence-corrected chi connectivity index (χ0v) is 8.08. The number of rotatable bonds is 2. The van der Waals surface area contributed by atoms with E-state index in [9.17, 15) is 0 Å². The summed E-state index contributed by atoms with van der Waals surface area (Å²) in [5, 5.41) is 0. The molecular weight excluding hydrogens is 155 g/mol. The van der Waals surface area contributed by atoms with Gasteiger partial charge in [0.2, 0.25) is 0 Å². The van der Waals surface area contributed by atoms with Crippen molar-refractivity contribution in [3.63, 3.8) is 0 Å². The molecule has 2 heteroatoms. The van der Waals surface area contributed by atoms with Crippen molar-refractivity contribution in [1.29, 1.82) is 0 Å². The maximum absolute atomic E-state index is 5.06. The molecule has 0 aliphatic carbocycles. The molecule has 11 heavy (non-hydrogen) atoms. The first-order valence-corrected chi connectivity index (χ1v) is 4.21. The molecule has 0 spiro atoms. The molecule has 0 radical (unpaired) electrons. The predicted octanol–water partition coefficient (Wildman–Crippen LogP) is 2.73. The highest BCUT2D eigenvalue weighted by Crippen LogP contribution is 2.20. The predicted molar refractivity (Wildman–Crippen MR) is 50.9 cm³/mol. The summed E-state index contributed by atoms with van der Waals surface area (Å²) in [6, 6.07) is 6.24. The van der Waals surface area contributed by atoms with Crippen LogP contribution in [0.2, 0.25) is 0 Å². The Balaban J connectivity index is 2.99. The zero-order chi connectivity index (χ0) is 8.27. The summed E-state index contributed by atoms with van der Waals surface area (Å²) >= 11 is 0. The van der Waals surface area contributed by atoms with Gasteiger partial charge in [0.15, 0.2) is 0 Å². The fourth-order valence-electron chi connectivity index (χ4n) is 1.06. The SMILES string of the molecule is CCc1ccc(OP)c(C)c1. The molecule has 1 aromatic rings. The lowest BCUT2D eigenvalue weighted by Crippen LogP contribution is -1.84. The number of aryl methyl sites for hydroxylation is 2. The molecule has 60 valence electrons. The molecule has 0 saturated carbocycles. The highest BCUT2D eigenvalue weighted by atomic mass is 31.0. The molecule has 0 heterocycles. The summed E-state index contributed by atoms with van der Waals surface area (Å²) in [4.78, 5) is 0. The lowest BCUT2D eigenvalue weighted by molar-refractivity contribution is 0.639. The van der Waals surface area contributed by atoms with Gasteiger partial charge in [-0.05, 0) is 30.5 Å². The second-order valence-corrected chi connectivity index (χ2v) is 2.81. The fraction of sp³-hybridized carbons (Fsp3) is 0.333. The van der Waals surface area contributed by atoms with Gasteiger partial charge in [-0.25, -0.2) is 0 Å². The van der Waals surface area contributed by atoms with Crippen LogP contribution in [0.1, 0.15) is 18.1 Å². The van der Waals surface area contributed by atoms with E-state index in [0.717, 1.165) is 12.2 Å². The second kappa shape index (κ2) is 3.73. The highest BCUT2D eigenvalue weighted by molar-refractivity contribution is 7.10. The molecule has 0 saturated heterocycles. The van der Waals surface area contributed by atoms with Gasteiger partial charge in [-0.15, -0.1) is 0 Å². The van der Waals surface area contributed by atoms with Crippen molar-refractivity contribution >= 4 is 9.47 Å². The maximum Gasteiger partial charge on any atom is 0.125 e. The summed E-state index contributed by atoms with van der Waals surface area (Å²) in [5.41, 5.74) is 2.55. The Bertz CT molecular complexity index is 245. The van der Waals surface area contributed by atoms with Crippen molar-refractivity contribution in [2.75, 3.05) is 0 Å². The number of hydrogen-bond donors (Lipinski definition) is 0. The Hall–Kier alpha value is -0.550. The van der Waals surface area contributed by atoms with Gasteiger partial charge in [-0.2, -0.15) is 0 Å². The summed E-state index contributed by atoms with van der Waals surface area (Å²) < 4.78 is 5.06. The van der Waals surface area contributed by atoms with E-state index < -0.39 is 0 Å². The first kappa shape index (κ1) is 8.55. The molecule has 0 aliphatic rings. The first-order valence-electron chi connectivity index (χ1n) is 3.74. The van der Waals surface area contributed by atoms with Crippen LogP contribution in [0.3, 0.4) is 0 Å². The molecule has 0 aromatic heterocycles. The quantitative estimate of drug-likeness (QED) is 0.617. The van der Waals surface area contributed by atoms with Gasteiger partial charge in [-0.1, -0.05) is 19.1 Å². The van der Waals surface area contributed by atoms with Gasteiger partial charge in [0.1, 0.15) is 5.75 Å². The van der Waals surface area contributed by atoms with E-state index in [-0.39, 0.29) is 0 Å². The van der Waals surface area contributed by atoms with Crippen LogP contribution in [0.15, 0.2) is 18.2 Å². The summed E-state index contributed by atoms with van der Waals surface area (Å²) in [5.74, 6) is 0.937. The second-order valence-electron chi connectivity index (χ2n) is 2.57. The monoisotopic (exact) mass is 168 g/mol. The zero-order valence-electron chi connectivity index (χ0n) is 6.92. The lowest BCUT2D eigenvalue weighted by atomic mass is 10.1. The van der Waals surface area contributed by atoms with Crippen LogP contribution in [0.25, 0.3) is 0 Å². The average molecular weight is 168 g/mol. The minimum absolute atomic E-state index is 0.937. The van der Waals surface area contributed by atoms with Gasteiger partial charge in [0.25, 0.3) is 0 Å². The van der Waals surface area contributed by atoms with E-state index in [1.165, 1.54) is 11.1 Å². The fourth-order valence-corrected chi connectivity index (χ4v) is 1.33. The molecule has 1 atom stereocenters. The molecule has 1 aromatic carbocycles. The van der Waals surface area contributed by atoms with Crippen molar-refractivity contribution in [3.05, 3.63) is 29.3 Å². The Labute approximate surface area is 70.1 Å². The number of benzene rings is 1. The lowest BCUT2D eigenvalue weighted by Gasteiger charge is -2.04. The van der Waals surface area contributed by atoms with Crippen molar-refractivity contribution in [2.45, 2.75) is 20.3 Å². The van der Waals surface area contributed by atoms with Crippen LogP contribution in [0.4, 0.5) is 0 Å². The van der Waals surface area contributed by atoms with Crippen molar-refractivity contribution in [1.82, 2.24) is 0 Å². The molecule has 0 amide bonds. The third kappa shape index (κ3) is 1.94. The smallest absolute Gasteiger partial charge is 0.125 e. The van der Waals surface area contributed by atoms with Crippen molar-refractivity contribution < 1.29 is 4.52 Å². The molecule has 1 rings (SSSR count). The Morgan fingerprint density at radius 1 is 1.45 bits per heavy atom. The van der Waals surface area contributed by atoms with E-state index in [0.29, 0.717) is 0 Å². The van der Waals surface area contributed by atoms with Crippen LogP contribution in [-0.2, 0) is 6.42 Å². The van der Waals surface area contributed by atoms with E-state index in [1.807, 2.05) is 6.07 Å². The van der Waals surface area contributed by atoms with E-state index in [4.69, 9.17) is 4.52 Å². The van der Waals surface area contributed by atoms with Gasteiger partial charge < -0.3 is 4.52 Å². The molecule has 1 nitrogen and oxygen atoms in total. The van der Waals surface area contributed by atoms with E-state index in [2.05, 4.69) is 35.4 Å². The molecule has 0 bridgehead atoms. The Morgan fingerprint density at radius 3 is 2.64 bits per heavy atom. The van der Waals surface area contributed by atoms with Crippen LogP contribution in [-0.4, -0.2) is 0 Å². The van der Waals surface area contributed by atoms with Gasteiger partial charge >= 0.3 is 0 Å². The van der Waals surface area contributed by atoms with E-state index in [1.54, 1.807) is 0 Å². The number of hydrogen-bond acceptors (Lipinski definition) is 1. The standard InChI is InChI=1S/C9H13OP/c1-3-8-4-5-9(10-11)7(2)6-8/h4-6H,3,11H2,1-2H3. The maximum atomic E-state index is 5.06. The van der Waals surface area contributed by atoms with Crippen LogP contribution in [0, 0.1) is 6.92 Å².